The standard InChI is InChI=1S/C29H24ClN3O4S/c1-36-26-17-21(14-15-25(26)32-28(35)23-12-5-6-13-24(23)30)31-29(38)33-27(34)20-10-7-11-22(16-20)37-18-19-8-3-2-4-9-19/h2-17H,18H2,1H3,(H,32,35)(H2,31,33,34,38). The highest BCUT2D eigenvalue weighted by Crippen LogP contribution is 2.29. The van der Waals surface area contributed by atoms with Crippen molar-refractivity contribution >= 4 is 52.1 Å². The van der Waals surface area contributed by atoms with Gasteiger partial charge in [-0.1, -0.05) is 60.1 Å². The molecule has 0 heterocycles. The Morgan fingerprint density at radius 2 is 1.61 bits per heavy atom. The molecule has 0 radical (unpaired) electrons. The van der Waals surface area contributed by atoms with Gasteiger partial charge in [-0.3, -0.25) is 14.9 Å². The second-order valence-corrected chi connectivity index (χ2v) is 8.87. The second-order valence-electron chi connectivity index (χ2n) is 8.06. The van der Waals surface area contributed by atoms with E-state index in [1.165, 1.54) is 7.11 Å². The Kier molecular flexibility index (Phi) is 8.92. The van der Waals surface area contributed by atoms with Crippen molar-refractivity contribution in [3.8, 4) is 11.5 Å². The third-order valence-corrected chi connectivity index (χ3v) is 5.93. The van der Waals surface area contributed by atoms with E-state index in [4.69, 9.17) is 33.3 Å². The first-order chi connectivity index (χ1) is 18.4. The van der Waals surface area contributed by atoms with Crippen molar-refractivity contribution in [3.63, 3.8) is 0 Å². The molecular formula is C29H24ClN3O4S. The molecule has 0 aliphatic carbocycles. The van der Waals surface area contributed by atoms with E-state index in [2.05, 4.69) is 16.0 Å². The quantitative estimate of drug-likeness (QED) is 0.225. The summed E-state index contributed by atoms with van der Waals surface area (Å²) < 4.78 is 11.2. The molecule has 4 aromatic carbocycles. The summed E-state index contributed by atoms with van der Waals surface area (Å²) in [6.45, 7) is 0.391. The third kappa shape index (κ3) is 7.09. The van der Waals surface area contributed by atoms with Crippen LogP contribution < -0.4 is 25.4 Å². The zero-order chi connectivity index (χ0) is 26.9. The zero-order valence-electron chi connectivity index (χ0n) is 20.4. The van der Waals surface area contributed by atoms with Gasteiger partial charge in [-0.05, 0) is 60.2 Å². The molecule has 4 rings (SSSR count). The fourth-order valence-corrected chi connectivity index (χ4v) is 3.94. The molecule has 192 valence electrons. The summed E-state index contributed by atoms with van der Waals surface area (Å²) in [5.74, 6) is 0.211. The van der Waals surface area contributed by atoms with E-state index in [-0.39, 0.29) is 16.9 Å². The van der Waals surface area contributed by atoms with Crippen LogP contribution in [0.25, 0.3) is 0 Å². The molecule has 0 saturated heterocycles. The van der Waals surface area contributed by atoms with Gasteiger partial charge in [-0.25, -0.2) is 0 Å². The maximum Gasteiger partial charge on any atom is 0.257 e. The van der Waals surface area contributed by atoms with Crippen LogP contribution in [0.2, 0.25) is 5.02 Å². The normalized spacial score (nSPS) is 10.3. The van der Waals surface area contributed by atoms with Gasteiger partial charge >= 0.3 is 0 Å². The molecule has 7 nitrogen and oxygen atoms in total. The van der Waals surface area contributed by atoms with Gasteiger partial charge in [-0.2, -0.15) is 0 Å². The molecule has 0 aromatic heterocycles. The van der Waals surface area contributed by atoms with Crippen molar-refractivity contribution in [3.05, 3.63) is 119 Å². The number of nitrogens with one attached hydrogen (secondary N) is 3. The number of hydrogen-bond donors (Lipinski definition) is 3. The van der Waals surface area contributed by atoms with Crippen LogP contribution in [0.5, 0.6) is 11.5 Å². The Hall–Kier alpha value is -4.40. The van der Waals surface area contributed by atoms with E-state index in [0.29, 0.717) is 45.6 Å². The average Bonchev–Trinajstić information content (AvgIpc) is 2.93. The number of thiocarbonyl (C=S) groups is 1. The molecule has 4 aromatic rings. The molecule has 3 N–H and O–H groups in total. The highest BCUT2D eigenvalue weighted by atomic mass is 35.5. The molecule has 0 saturated carbocycles. The van der Waals surface area contributed by atoms with Gasteiger partial charge in [-0.15, -0.1) is 0 Å². The molecule has 2 amide bonds. The zero-order valence-corrected chi connectivity index (χ0v) is 21.9. The van der Waals surface area contributed by atoms with Crippen LogP contribution in [-0.2, 0) is 6.61 Å². The monoisotopic (exact) mass is 545 g/mol. The van der Waals surface area contributed by atoms with Crippen molar-refractivity contribution in [1.82, 2.24) is 5.32 Å². The van der Waals surface area contributed by atoms with E-state index in [1.807, 2.05) is 30.3 Å². The number of amides is 2. The van der Waals surface area contributed by atoms with Gasteiger partial charge in [0.05, 0.1) is 23.4 Å². The Labute approximate surface area is 230 Å². The summed E-state index contributed by atoms with van der Waals surface area (Å²) in [7, 11) is 1.48. The minimum Gasteiger partial charge on any atom is -0.494 e. The minimum atomic E-state index is -0.386. The smallest absolute Gasteiger partial charge is 0.257 e. The number of carbonyl (C=O) groups is 2. The van der Waals surface area contributed by atoms with E-state index >= 15 is 0 Å². The largest absolute Gasteiger partial charge is 0.494 e. The van der Waals surface area contributed by atoms with Crippen molar-refractivity contribution in [2.24, 2.45) is 0 Å². The molecule has 0 bridgehead atoms. The van der Waals surface area contributed by atoms with Crippen LogP contribution in [-0.4, -0.2) is 24.0 Å². The van der Waals surface area contributed by atoms with E-state index in [1.54, 1.807) is 66.7 Å². The molecule has 0 spiro atoms. The average molecular weight is 546 g/mol. The van der Waals surface area contributed by atoms with Gasteiger partial charge < -0.3 is 20.1 Å². The van der Waals surface area contributed by atoms with Crippen molar-refractivity contribution in [2.75, 3.05) is 17.7 Å². The van der Waals surface area contributed by atoms with Gasteiger partial charge in [0.15, 0.2) is 5.11 Å². The molecule has 0 aliphatic heterocycles. The van der Waals surface area contributed by atoms with E-state index < -0.39 is 0 Å². The summed E-state index contributed by atoms with van der Waals surface area (Å²) >= 11 is 11.4. The molecule has 9 heteroatoms. The second kappa shape index (κ2) is 12.7. The summed E-state index contributed by atoms with van der Waals surface area (Å²) in [6.07, 6.45) is 0. The Bertz CT molecular complexity index is 1460. The lowest BCUT2D eigenvalue weighted by atomic mass is 10.2. The number of halogens is 1. The fourth-order valence-electron chi connectivity index (χ4n) is 3.51. The lowest BCUT2D eigenvalue weighted by molar-refractivity contribution is 0.0976. The maximum absolute atomic E-state index is 12.8. The lowest BCUT2D eigenvalue weighted by Crippen LogP contribution is -2.34. The number of rotatable bonds is 8. The van der Waals surface area contributed by atoms with Crippen LogP contribution in [0.1, 0.15) is 26.3 Å². The first-order valence-electron chi connectivity index (χ1n) is 11.6. The van der Waals surface area contributed by atoms with Gasteiger partial charge in [0.1, 0.15) is 18.1 Å². The number of anilines is 2. The number of hydrogen-bond acceptors (Lipinski definition) is 5. The molecule has 0 unspecified atom stereocenters. The highest BCUT2D eigenvalue weighted by molar-refractivity contribution is 7.80. The van der Waals surface area contributed by atoms with Crippen LogP contribution in [0.4, 0.5) is 11.4 Å². The van der Waals surface area contributed by atoms with Crippen LogP contribution >= 0.6 is 23.8 Å². The number of methoxy groups -OCH3 is 1. The summed E-state index contributed by atoms with van der Waals surface area (Å²) in [5.41, 5.74) is 2.78. The predicted molar refractivity (Wildman–Crippen MR) is 153 cm³/mol. The summed E-state index contributed by atoms with van der Waals surface area (Å²) in [6, 6.07) is 28.4. The number of benzene rings is 4. The van der Waals surface area contributed by atoms with Crippen LogP contribution in [0.15, 0.2) is 97.1 Å². The molecule has 0 aliphatic rings. The topological polar surface area (TPSA) is 88.7 Å². The molecule has 0 atom stereocenters. The summed E-state index contributed by atoms with van der Waals surface area (Å²) in [5, 5.41) is 8.84. The molecule has 0 fully saturated rings. The Balaban J connectivity index is 1.36. The third-order valence-electron chi connectivity index (χ3n) is 5.40. The predicted octanol–water partition coefficient (Wildman–Crippen LogP) is 6.31. The molecule has 38 heavy (non-hydrogen) atoms. The van der Waals surface area contributed by atoms with Gasteiger partial charge in [0.25, 0.3) is 11.8 Å². The van der Waals surface area contributed by atoms with E-state index in [9.17, 15) is 9.59 Å². The first-order valence-corrected chi connectivity index (χ1v) is 12.3. The number of ether oxygens (including phenoxy) is 2. The SMILES string of the molecule is COc1cc(NC(=S)NC(=O)c2cccc(OCc3ccccc3)c2)ccc1NC(=O)c1ccccc1Cl. The fraction of sp³-hybridized carbons (Fsp3) is 0.0690. The lowest BCUT2D eigenvalue weighted by Gasteiger charge is -2.14. The number of carbonyl (C=O) groups excluding carboxylic acids is 2. The van der Waals surface area contributed by atoms with Gasteiger partial charge in [0, 0.05) is 17.3 Å². The Morgan fingerprint density at radius 1 is 0.842 bits per heavy atom. The summed E-state index contributed by atoms with van der Waals surface area (Å²) in [4.78, 5) is 25.4. The highest BCUT2D eigenvalue weighted by Gasteiger charge is 2.14. The van der Waals surface area contributed by atoms with Crippen LogP contribution in [0, 0.1) is 0 Å². The first kappa shape index (κ1) is 26.7. The Morgan fingerprint density at radius 3 is 2.37 bits per heavy atom. The van der Waals surface area contributed by atoms with Gasteiger partial charge in [0.2, 0.25) is 0 Å². The van der Waals surface area contributed by atoms with E-state index in [0.717, 1.165) is 5.56 Å². The van der Waals surface area contributed by atoms with Crippen LogP contribution in [0.3, 0.4) is 0 Å². The maximum atomic E-state index is 12.8. The molecular weight excluding hydrogens is 522 g/mol. The van der Waals surface area contributed by atoms with Crippen molar-refractivity contribution < 1.29 is 19.1 Å². The van der Waals surface area contributed by atoms with Crippen molar-refractivity contribution in [2.45, 2.75) is 6.61 Å². The minimum absolute atomic E-state index is 0.0977. The van der Waals surface area contributed by atoms with Crippen molar-refractivity contribution in [1.29, 1.82) is 0 Å².